The first kappa shape index (κ1) is 18.6. The molecule has 2 aromatic carbocycles. The maximum absolute atomic E-state index is 11.3. The van der Waals surface area contributed by atoms with Gasteiger partial charge in [0, 0.05) is 47.4 Å². The lowest BCUT2D eigenvalue weighted by molar-refractivity contribution is -0.383. The average Bonchev–Trinajstić information content (AvgIpc) is 3.18. The Balaban J connectivity index is 1.70. The van der Waals surface area contributed by atoms with Gasteiger partial charge in [-0.2, -0.15) is 5.10 Å². The van der Waals surface area contributed by atoms with E-state index in [1.165, 1.54) is 6.07 Å². The van der Waals surface area contributed by atoms with Crippen molar-refractivity contribution in [3.8, 4) is 16.9 Å². The standard InChI is InChI=1S/C21H16ClN5O2/c22-17-6-7-19(20(12-17)27(28)29)24-13-16-14-26(18-4-2-1-3-5-18)25-21(16)15-8-10-23-11-9-15/h1-12,14,24H,13H2. The molecule has 0 unspecified atom stereocenters. The topological polar surface area (TPSA) is 85.9 Å². The normalized spacial score (nSPS) is 10.7. The summed E-state index contributed by atoms with van der Waals surface area (Å²) in [6, 6.07) is 18.1. The van der Waals surface area contributed by atoms with Crippen LogP contribution in [0.15, 0.2) is 79.3 Å². The summed E-state index contributed by atoms with van der Waals surface area (Å²) in [5, 5.41) is 19.5. The molecule has 2 aromatic heterocycles. The minimum Gasteiger partial charge on any atom is -0.375 e. The number of rotatable bonds is 6. The van der Waals surface area contributed by atoms with E-state index < -0.39 is 4.92 Å². The number of nitro groups is 1. The second-order valence-electron chi connectivity index (χ2n) is 6.29. The Kier molecular flexibility index (Phi) is 5.22. The summed E-state index contributed by atoms with van der Waals surface area (Å²) >= 11 is 5.90. The lowest BCUT2D eigenvalue weighted by Crippen LogP contribution is -2.03. The van der Waals surface area contributed by atoms with Crippen LogP contribution in [0.1, 0.15) is 5.56 Å². The number of nitro benzene ring substituents is 1. The molecule has 4 rings (SSSR count). The molecule has 8 heteroatoms. The fourth-order valence-electron chi connectivity index (χ4n) is 3.00. The monoisotopic (exact) mass is 405 g/mol. The Hall–Kier alpha value is -3.71. The molecule has 0 amide bonds. The lowest BCUT2D eigenvalue weighted by Gasteiger charge is -2.07. The molecule has 2 heterocycles. The zero-order valence-electron chi connectivity index (χ0n) is 15.2. The lowest BCUT2D eigenvalue weighted by atomic mass is 10.1. The summed E-state index contributed by atoms with van der Waals surface area (Å²) in [4.78, 5) is 15.0. The molecular formula is C21H16ClN5O2. The molecule has 0 spiro atoms. The van der Waals surface area contributed by atoms with Gasteiger partial charge in [-0.05, 0) is 36.4 Å². The summed E-state index contributed by atoms with van der Waals surface area (Å²) < 4.78 is 1.79. The molecule has 0 aliphatic carbocycles. The minimum atomic E-state index is -0.453. The predicted molar refractivity (Wildman–Crippen MR) is 112 cm³/mol. The van der Waals surface area contributed by atoms with Gasteiger partial charge in [0.2, 0.25) is 0 Å². The summed E-state index contributed by atoms with van der Waals surface area (Å²) in [5.74, 6) is 0. The van der Waals surface area contributed by atoms with Crippen molar-refractivity contribution in [1.82, 2.24) is 14.8 Å². The van der Waals surface area contributed by atoms with Crippen LogP contribution in [0.25, 0.3) is 16.9 Å². The van der Waals surface area contributed by atoms with E-state index in [4.69, 9.17) is 16.7 Å². The maximum Gasteiger partial charge on any atom is 0.293 e. The van der Waals surface area contributed by atoms with Crippen LogP contribution in [0, 0.1) is 10.1 Å². The van der Waals surface area contributed by atoms with Gasteiger partial charge in [-0.3, -0.25) is 15.1 Å². The maximum atomic E-state index is 11.3. The number of hydrogen-bond donors (Lipinski definition) is 1. The SMILES string of the molecule is O=[N+]([O-])c1cc(Cl)ccc1NCc1cn(-c2ccccc2)nc1-c1ccncc1. The van der Waals surface area contributed by atoms with Crippen LogP contribution < -0.4 is 5.32 Å². The van der Waals surface area contributed by atoms with E-state index in [1.807, 2.05) is 48.7 Å². The summed E-state index contributed by atoms with van der Waals surface area (Å²) in [5.41, 5.74) is 3.83. The van der Waals surface area contributed by atoms with Gasteiger partial charge in [0.15, 0.2) is 0 Å². The molecule has 0 atom stereocenters. The van der Waals surface area contributed by atoms with Gasteiger partial charge in [0.05, 0.1) is 16.3 Å². The molecular weight excluding hydrogens is 390 g/mol. The number of para-hydroxylation sites is 1. The van der Waals surface area contributed by atoms with Crippen LogP contribution in [0.5, 0.6) is 0 Å². The number of pyridine rings is 1. The highest BCUT2D eigenvalue weighted by Gasteiger charge is 2.17. The highest BCUT2D eigenvalue weighted by atomic mass is 35.5. The van der Waals surface area contributed by atoms with Crippen LogP contribution in [-0.2, 0) is 6.54 Å². The fourth-order valence-corrected chi connectivity index (χ4v) is 3.17. The first-order valence-electron chi connectivity index (χ1n) is 8.84. The third kappa shape index (κ3) is 4.09. The third-order valence-electron chi connectivity index (χ3n) is 4.39. The number of anilines is 1. The molecule has 0 aliphatic heterocycles. The van der Waals surface area contributed by atoms with Gasteiger partial charge in [0.1, 0.15) is 5.69 Å². The van der Waals surface area contributed by atoms with Gasteiger partial charge in [-0.25, -0.2) is 4.68 Å². The number of benzene rings is 2. The van der Waals surface area contributed by atoms with Crippen molar-refractivity contribution in [2.24, 2.45) is 0 Å². The van der Waals surface area contributed by atoms with Crippen LogP contribution in [0.4, 0.5) is 11.4 Å². The van der Waals surface area contributed by atoms with Crippen molar-refractivity contribution < 1.29 is 4.92 Å². The largest absolute Gasteiger partial charge is 0.375 e. The van der Waals surface area contributed by atoms with Crippen molar-refractivity contribution in [3.05, 3.63) is 100.0 Å². The Morgan fingerprint density at radius 2 is 1.83 bits per heavy atom. The molecule has 7 nitrogen and oxygen atoms in total. The summed E-state index contributed by atoms with van der Waals surface area (Å²) in [6.45, 7) is 0.354. The van der Waals surface area contributed by atoms with Gasteiger partial charge in [0.25, 0.3) is 5.69 Å². The van der Waals surface area contributed by atoms with E-state index in [9.17, 15) is 10.1 Å². The Morgan fingerprint density at radius 1 is 1.07 bits per heavy atom. The van der Waals surface area contributed by atoms with E-state index in [0.29, 0.717) is 17.3 Å². The molecule has 4 aromatic rings. The minimum absolute atomic E-state index is 0.0709. The van der Waals surface area contributed by atoms with E-state index in [1.54, 1.807) is 29.2 Å². The number of halogens is 1. The van der Waals surface area contributed by atoms with Crippen LogP contribution >= 0.6 is 11.6 Å². The number of nitrogens with zero attached hydrogens (tertiary/aromatic N) is 4. The van der Waals surface area contributed by atoms with Crippen LogP contribution in [0.3, 0.4) is 0 Å². The number of nitrogens with one attached hydrogen (secondary N) is 1. The average molecular weight is 406 g/mol. The van der Waals surface area contributed by atoms with Gasteiger partial charge in [-0.15, -0.1) is 0 Å². The Labute approximate surface area is 171 Å². The van der Waals surface area contributed by atoms with Gasteiger partial charge < -0.3 is 5.32 Å². The Bertz CT molecular complexity index is 1150. The van der Waals surface area contributed by atoms with E-state index in [-0.39, 0.29) is 5.69 Å². The highest BCUT2D eigenvalue weighted by Crippen LogP contribution is 2.29. The van der Waals surface area contributed by atoms with E-state index >= 15 is 0 Å². The second kappa shape index (κ2) is 8.12. The van der Waals surface area contributed by atoms with Crippen molar-refractivity contribution in [1.29, 1.82) is 0 Å². The number of hydrogen-bond acceptors (Lipinski definition) is 5. The third-order valence-corrected chi connectivity index (χ3v) is 4.63. The molecule has 0 fully saturated rings. The van der Waals surface area contributed by atoms with Crippen molar-refractivity contribution in [2.75, 3.05) is 5.32 Å². The molecule has 0 saturated heterocycles. The van der Waals surface area contributed by atoms with E-state index in [0.717, 1.165) is 22.5 Å². The molecule has 0 radical (unpaired) electrons. The zero-order chi connectivity index (χ0) is 20.2. The summed E-state index contributed by atoms with van der Waals surface area (Å²) in [6.07, 6.45) is 5.33. The second-order valence-corrected chi connectivity index (χ2v) is 6.73. The zero-order valence-corrected chi connectivity index (χ0v) is 16.0. The number of aromatic nitrogens is 3. The molecule has 29 heavy (non-hydrogen) atoms. The highest BCUT2D eigenvalue weighted by molar-refractivity contribution is 6.30. The molecule has 1 N–H and O–H groups in total. The van der Waals surface area contributed by atoms with Crippen LogP contribution in [0.2, 0.25) is 5.02 Å². The predicted octanol–water partition coefficient (Wildman–Crippen LogP) is 5.11. The van der Waals surface area contributed by atoms with Crippen molar-refractivity contribution in [3.63, 3.8) is 0 Å². The van der Waals surface area contributed by atoms with E-state index in [2.05, 4.69) is 10.3 Å². The molecule has 0 bridgehead atoms. The first-order chi connectivity index (χ1) is 14.1. The fraction of sp³-hybridized carbons (Fsp3) is 0.0476. The molecule has 0 saturated carbocycles. The smallest absolute Gasteiger partial charge is 0.293 e. The summed E-state index contributed by atoms with van der Waals surface area (Å²) in [7, 11) is 0. The first-order valence-corrected chi connectivity index (χ1v) is 9.22. The van der Waals surface area contributed by atoms with Crippen LogP contribution in [-0.4, -0.2) is 19.7 Å². The van der Waals surface area contributed by atoms with Crippen molar-refractivity contribution in [2.45, 2.75) is 6.54 Å². The van der Waals surface area contributed by atoms with Gasteiger partial charge in [-0.1, -0.05) is 29.8 Å². The quantitative estimate of drug-likeness (QED) is 0.356. The molecule has 144 valence electrons. The van der Waals surface area contributed by atoms with Crippen molar-refractivity contribution >= 4 is 23.0 Å². The Morgan fingerprint density at radius 3 is 2.55 bits per heavy atom. The molecule has 0 aliphatic rings. The van der Waals surface area contributed by atoms with Gasteiger partial charge >= 0.3 is 0 Å².